The van der Waals surface area contributed by atoms with Crippen molar-refractivity contribution in [2.45, 2.75) is 12.8 Å². The van der Waals surface area contributed by atoms with Crippen molar-refractivity contribution < 1.29 is 27.8 Å². The zero-order valence-electron chi connectivity index (χ0n) is 18.6. The average molecular weight is 536 g/mol. The molecule has 36 heavy (non-hydrogen) atoms. The highest BCUT2D eigenvalue weighted by atomic mass is 35.5. The first-order valence-electron chi connectivity index (χ1n) is 10.4. The van der Waals surface area contributed by atoms with Crippen LogP contribution in [0.2, 0.25) is 10.0 Å². The van der Waals surface area contributed by atoms with Crippen LogP contribution in [0.25, 0.3) is 22.4 Å². The zero-order valence-corrected chi connectivity index (χ0v) is 20.1. The Balaban J connectivity index is 1.80. The summed E-state index contributed by atoms with van der Waals surface area (Å²) in [5.41, 5.74) is 4.52. The normalized spacial score (nSPS) is 11.4. The zero-order chi connectivity index (χ0) is 26.0. The molecule has 11 heteroatoms. The predicted molar refractivity (Wildman–Crippen MR) is 131 cm³/mol. The Bertz CT molecular complexity index is 1430. The molecular formula is C25H18Cl2F3N3O3. The van der Waals surface area contributed by atoms with Gasteiger partial charge in [0.05, 0.1) is 12.8 Å². The van der Waals surface area contributed by atoms with Gasteiger partial charge in [0.25, 0.3) is 0 Å². The number of phenols is 1. The lowest BCUT2D eigenvalue weighted by atomic mass is 9.96. The summed E-state index contributed by atoms with van der Waals surface area (Å²) in [6.07, 6.45) is -4.86. The number of phenolic OH excluding ortho intramolecular Hbond substituents is 1. The van der Waals surface area contributed by atoms with E-state index in [0.29, 0.717) is 15.6 Å². The molecule has 0 aliphatic heterocycles. The maximum absolute atomic E-state index is 14.0. The second-order valence-corrected chi connectivity index (χ2v) is 8.40. The molecule has 0 radical (unpaired) electrons. The van der Waals surface area contributed by atoms with Crippen molar-refractivity contribution in [1.29, 1.82) is 0 Å². The SMILES string of the molecule is COc1ccccc1-c1c(-c2ccc(OCc3ccc(Cl)cc3Cl)cc2O)nc(N)nc1C(F)(F)F. The molecule has 4 aromatic rings. The minimum absolute atomic E-state index is 0.00705. The number of hydrogen-bond donors (Lipinski definition) is 2. The van der Waals surface area contributed by atoms with E-state index in [9.17, 15) is 18.3 Å². The molecule has 0 saturated carbocycles. The Morgan fingerprint density at radius 3 is 2.39 bits per heavy atom. The van der Waals surface area contributed by atoms with Crippen LogP contribution in [0.4, 0.5) is 19.1 Å². The van der Waals surface area contributed by atoms with Crippen molar-refractivity contribution in [2.75, 3.05) is 12.8 Å². The number of nitrogen functional groups attached to an aromatic ring is 1. The number of aromatic nitrogens is 2. The van der Waals surface area contributed by atoms with E-state index in [1.54, 1.807) is 30.3 Å². The Hall–Kier alpha value is -3.69. The summed E-state index contributed by atoms with van der Waals surface area (Å²) in [7, 11) is 1.33. The van der Waals surface area contributed by atoms with E-state index in [1.807, 2.05) is 0 Å². The van der Waals surface area contributed by atoms with E-state index in [2.05, 4.69) is 9.97 Å². The van der Waals surface area contributed by atoms with Crippen molar-refractivity contribution in [3.8, 4) is 39.6 Å². The highest BCUT2D eigenvalue weighted by Gasteiger charge is 2.39. The van der Waals surface area contributed by atoms with E-state index in [4.69, 9.17) is 38.4 Å². The van der Waals surface area contributed by atoms with Gasteiger partial charge < -0.3 is 20.3 Å². The van der Waals surface area contributed by atoms with Crippen LogP contribution in [-0.4, -0.2) is 22.2 Å². The summed E-state index contributed by atoms with van der Waals surface area (Å²) < 4.78 is 53.1. The molecule has 0 spiro atoms. The van der Waals surface area contributed by atoms with Gasteiger partial charge in [-0.15, -0.1) is 0 Å². The Morgan fingerprint density at radius 1 is 0.972 bits per heavy atom. The van der Waals surface area contributed by atoms with E-state index in [-0.39, 0.29) is 46.2 Å². The van der Waals surface area contributed by atoms with Crippen molar-refractivity contribution in [3.63, 3.8) is 0 Å². The van der Waals surface area contributed by atoms with Gasteiger partial charge in [-0.1, -0.05) is 47.5 Å². The predicted octanol–water partition coefficient (Wildman–Crippen LogP) is 7.01. The Kier molecular flexibility index (Phi) is 7.14. The van der Waals surface area contributed by atoms with Crippen LogP contribution in [0.3, 0.4) is 0 Å². The number of halogens is 5. The molecule has 6 nitrogen and oxygen atoms in total. The van der Waals surface area contributed by atoms with E-state index >= 15 is 0 Å². The largest absolute Gasteiger partial charge is 0.507 e. The molecule has 3 aromatic carbocycles. The summed E-state index contributed by atoms with van der Waals surface area (Å²) in [5.74, 6) is -0.568. The first-order chi connectivity index (χ1) is 17.1. The molecule has 0 saturated heterocycles. The van der Waals surface area contributed by atoms with Crippen molar-refractivity contribution in [1.82, 2.24) is 9.97 Å². The number of hydrogen-bond acceptors (Lipinski definition) is 6. The van der Waals surface area contributed by atoms with Crippen LogP contribution in [-0.2, 0) is 12.8 Å². The fraction of sp³-hybridized carbons (Fsp3) is 0.120. The van der Waals surface area contributed by atoms with Gasteiger partial charge >= 0.3 is 6.18 Å². The van der Waals surface area contributed by atoms with Crippen molar-refractivity contribution in [2.24, 2.45) is 0 Å². The molecule has 0 aliphatic carbocycles. The van der Waals surface area contributed by atoms with Gasteiger partial charge in [-0.3, -0.25) is 0 Å². The third-order valence-electron chi connectivity index (χ3n) is 5.20. The topological polar surface area (TPSA) is 90.5 Å². The first kappa shape index (κ1) is 25.4. The summed E-state index contributed by atoms with van der Waals surface area (Å²) in [4.78, 5) is 7.52. The maximum Gasteiger partial charge on any atom is 0.434 e. The van der Waals surface area contributed by atoms with Gasteiger partial charge in [0.2, 0.25) is 5.95 Å². The number of methoxy groups -OCH3 is 1. The molecule has 0 fully saturated rings. The van der Waals surface area contributed by atoms with Gasteiger partial charge in [0, 0.05) is 38.4 Å². The number of benzene rings is 3. The standard InChI is InChI=1S/C25H18Cl2F3N3O3/c1-35-20-5-3-2-4-17(20)21-22(32-24(31)33-23(21)25(28,29)30)16-9-8-15(11-19(16)34)36-12-13-6-7-14(26)10-18(13)27/h2-11,34H,12H2,1H3,(H2,31,32,33). The average Bonchev–Trinajstić information content (AvgIpc) is 2.82. The number of rotatable bonds is 6. The molecule has 4 rings (SSSR count). The molecule has 1 aromatic heterocycles. The third kappa shape index (κ3) is 5.27. The fourth-order valence-corrected chi connectivity index (χ4v) is 4.05. The lowest BCUT2D eigenvalue weighted by Gasteiger charge is -2.19. The number of anilines is 1. The van der Waals surface area contributed by atoms with Gasteiger partial charge in [-0.05, 0) is 30.3 Å². The minimum Gasteiger partial charge on any atom is -0.507 e. The van der Waals surface area contributed by atoms with Crippen molar-refractivity contribution >= 4 is 29.2 Å². The molecule has 0 unspecified atom stereocenters. The lowest BCUT2D eigenvalue weighted by molar-refractivity contribution is -0.140. The molecule has 1 heterocycles. The molecule has 186 valence electrons. The minimum atomic E-state index is -4.86. The second-order valence-electron chi connectivity index (χ2n) is 7.56. The molecular weight excluding hydrogens is 518 g/mol. The van der Waals surface area contributed by atoms with Crippen LogP contribution in [0.5, 0.6) is 17.2 Å². The van der Waals surface area contributed by atoms with E-state index < -0.39 is 17.8 Å². The fourth-order valence-electron chi connectivity index (χ4n) is 3.59. The molecule has 3 N–H and O–H groups in total. The van der Waals surface area contributed by atoms with Crippen LogP contribution in [0, 0.1) is 0 Å². The van der Waals surface area contributed by atoms with Crippen molar-refractivity contribution in [3.05, 3.63) is 82.0 Å². The van der Waals surface area contributed by atoms with Crippen LogP contribution >= 0.6 is 23.2 Å². The Morgan fingerprint density at radius 2 is 1.72 bits per heavy atom. The second kappa shape index (κ2) is 10.1. The molecule has 0 aliphatic rings. The molecule has 0 atom stereocenters. The third-order valence-corrected chi connectivity index (χ3v) is 5.79. The summed E-state index contributed by atoms with van der Waals surface area (Å²) in [6, 6.07) is 15.2. The molecule has 0 amide bonds. The number of alkyl halides is 3. The van der Waals surface area contributed by atoms with E-state index in [1.165, 1.54) is 37.4 Å². The van der Waals surface area contributed by atoms with Gasteiger partial charge in [0.1, 0.15) is 23.9 Å². The number of ether oxygens (including phenoxy) is 2. The monoisotopic (exact) mass is 535 g/mol. The maximum atomic E-state index is 14.0. The van der Waals surface area contributed by atoms with Gasteiger partial charge in [-0.25, -0.2) is 9.97 Å². The highest BCUT2D eigenvalue weighted by Crippen LogP contribution is 2.46. The summed E-state index contributed by atoms with van der Waals surface area (Å²) >= 11 is 12.1. The molecule has 0 bridgehead atoms. The van der Waals surface area contributed by atoms with Gasteiger partial charge in [0.15, 0.2) is 5.69 Å². The quantitative estimate of drug-likeness (QED) is 0.276. The van der Waals surface area contributed by atoms with Crippen LogP contribution in [0.1, 0.15) is 11.3 Å². The number of para-hydroxylation sites is 1. The smallest absolute Gasteiger partial charge is 0.434 e. The highest BCUT2D eigenvalue weighted by molar-refractivity contribution is 6.35. The van der Waals surface area contributed by atoms with Gasteiger partial charge in [-0.2, -0.15) is 13.2 Å². The van der Waals surface area contributed by atoms with Crippen LogP contribution < -0.4 is 15.2 Å². The van der Waals surface area contributed by atoms with Crippen LogP contribution in [0.15, 0.2) is 60.7 Å². The number of nitrogens with zero attached hydrogens (tertiary/aromatic N) is 2. The number of aromatic hydroxyl groups is 1. The Labute approximate surface area is 214 Å². The number of nitrogens with two attached hydrogens (primary N) is 1. The summed E-state index contributed by atoms with van der Waals surface area (Å²) in [5, 5.41) is 11.7. The van der Waals surface area contributed by atoms with E-state index in [0.717, 1.165) is 0 Å². The first-order valence-corrected chi connectivity index (χ1v) is 11.1. The summed E-state index contributed by atoms with van der Waals surface area (Å²) in [6.45, 7) is 0.0694. The lowest BCUT2D eigenvalue weighted by Crippen LogP contribution is -2.14.